The number of fused-ring (bicyclic) bond motifs is 1. The van der Waals surface area contributed by atoms with Gasteiger partial charge in [-0.2, -0.15) is 0 Å². The molecule has 2 aromatic rings. The average Bonchev–Trinajstić information content (AvgIpc) is 2.96. The monoisotopic (exact) mass is 551 g/mol. The van der Waals surface area contributed by atoms with Crippen LogP contribution >= 0.6 is 0 Å². The Morgan fingerprint density at radius 3 is 2.40 bits per heavy atom. The minimum Gasteiger partial charge on any atom is -0.496 e. The highest BCUT2D eigenvalue weighted by atomic mass is 16.6. The number of carbonyl (C=O) groups excluding carboxylic acids is 2. The fourth-order valence-corrected chi connectivity index (χ4v) is 4.62. The zero-order chi connectivity index (χ0) is 29.1. The van der Waals surface area contributed by atoms with Crippen LogP contribution in [0.25, 0.3) is 6.08 Å². The van der Waals surface area contributed by atoms with Crippen molar-refractivity contribution in [3.8, 4) is 23.0 Å². The SMILES string of the molecule is C=CCc1c(OCCCOc2ccc3c(c2CCC)OC(C(=O)OC)CC3)ccc(C=CC(=O)N(C)C)c1OC. The number of rotatable bonds is 14. The van der Waals surface area contributed by atoms with E-state index in [-0.39, 0.29) is 11.9 Å². The van der Waals surface area contributed by atoms with Gasteiger partial charge in [-0.15, -0.1) is 6.58 Å². The number of esters is 1. The zero-order valence-electron chi connectivity index (χ0n) is 24.3. The summed E-state index contributed by atoms with van der Waals surface area (Å²) in [6.45, 7) is 6.87. The molecule has 8 heteroatoms. The number of aryl methyl sites for hydroxylation is 1. The van der Waals surface area contributed by atoms with E-state index in [1.54, 1.807) is 33.4 Å². The van der Waals surface area contributed by atoms with Crippen LogP contribution in [0.15, 0.2) is 43.0 Å². The number of hydrogen-bond acceptors (Lipinski definition) is 7. The summed E-state index contributed by atoms with van der Waals surface area (Å²) in [5, 5.41) is 0. The van der Waals surface area contributed by atoms with Crippen LogP contribution in [-0.4, -0.2) is 64.4 Å². The van der Waals surface area contributed by atoms with Crippen molar-refractivity contribution >= 4 is 18.0 Å². The molecule has 0 saturated carbocycles. The molecule has 3 rings (SSSR count). The van der Waals surface area contributed by atoms with Crippen molar-refractivity contribution in [3.63, 3.8) is 0 Å². The lowest BCUT2D eigenvalue weighted by molar-refractivity contribution is -0.149. The summed E-state index contributed by atoms with van der Waals surface area (Å²) in [5.74, 6) is 2.41. The molecular weight excluding hydrogens is 510 g/mol. The van der Waals surface area contributed by atoms with Crippen molar-refractivity contribution in [2.75, 3.05) is 41.5 Å². The molecule has 0 N–H and O–H groups in total. The Hall–Kier alpha value is -3.94. The van der Waals surface area contributed by atoms with Gasteiger partial charge in [0, 0.05) is 43.3 Å². The van der Waals surface area contributed by atoms with Crippen LogP contribution in [0.2, 0.25) is 0 Å². The number of ether oxygens (including phenoxy) is 5. The van der Waals surface area contributed by atoms with E-state index in [1.165, 1.54) is 18.1 Å². The van der Waals surface area contributed by atoms with Crippen molar-refractivity contribution in [3.05, 3.63) is 65.3 Å². The summed E-state index contributed by atoms with van der Waals surface area (Å²) >= 11 is 0. The van der Waals surface area contributed by atoms with Crippen LogP contribution in [0, 0.1) is 0 Å². The predicted octanol–water partition coefficient (Wildman–Crippen LogP) is 5.19. The van der Waals surface area contributed by atoms with Gasteiger partial charge in [-0.05, 0) is 55.5 Å². The summed E-state index contributed by atoms with van der Waals surface area (Å²) in [5.41, 5.74) is 3.74. The summed E-state index contributed by atoms with van der Waals surface area (Å²) in [7, 11) is 6.40. The Morgan fingerprint density at radius 2 is 1.77 bits per heavy atom. The number of benzene rings is 2. The van der Waals surface area contributed by atoms with Gasteiger partial charge in [-0.25, -0.2) is 4.79 Å². The Labute approximate surface area is 237 Å². The van der Waals surface area contributed by atoms with Crippen molar-refractivity contribution in [2.45, 2.75) is 51.6 Å². The van der Waals surface area contributed by atoms with E-state index in [9.17, 15) is 9.59 Å². The molecule has 0 fully saturated rings. The van der Waals surface area contributed by atoms with E-state index >= 15 is 0 Å². The normalized spacial score (nSPS) is 14.2. The molecule has 2 aromatic carbocycles. The van der Waals surface area contributed by atoms with E-state index in [0.29, 0.717) is 44.0 Å². The lowest BCUT2D eigenvalue weighted by Gasteiger charge is -2.27. The lowest BCUT2D eigenvalue weighted by atomic mass is 9.96. The molecule has 1 amide bonds. The number of hydrogen-bond donors (Lipinski definition) is 0. The molecule has 1 unspecified atom stereocenters. The summed E-state index contributed by atoms with van der Waals surface area (Å²) < 4.78 is 29.0. The third-order valence-electron chi connectivity index (χ3n) is 6.65. The largest absolute Gasteiger partial charge is 0.496 e. The zero-order valence-corrected chi connectivity index (χ0v) is 24.3. The molecule has 0 spiro atoms. The molecular formula is C32H41NO7. The lowest BCUT2D eigenvalue weighted by Crippen LogP contribution is -2.32. The van der Waals surface area contributed by atoms with E-state index in [0.717, 1.165) is 53.0 Å². The smallest absolute Gasteiger partial charge is 0.347 e. The standard InChI is InChI=1S/C32H41NO7/c1-7-10-24-26(16-12-22(30(24)36-5)15-19-29(34)33(3)4)38-20-9-21-39-27-17-13-23-14-18-28(32(35)37-6)40-31(23)25(27)11-8-2/h7,12-13,15-17,19,28H,1,8-11,14,18,20-21H2,2-6H3. The van der Waals surface area contributed by atoms with Gasteiger partial charge in [0.15, 0.2) is 6.10 Å². The van der Waals surface area contributed by atoms with E-state index in [4.69, 9.17) is 23.7 Å². The quantitative estimate of drug-likeness (QED) is 0.138. The first-order chi connectivity index (χ1) is 19.3. The highest BCUT2D eigenvalue weighted by Gasteiger charge is 2.29. The summed E-state index contributed by atoms with van der Waals surface area (Å²) in [4.78, 5) is 25.6. The van der Waals surface area contributed by atoms with Crippen LogP contribution in [0.3, 0.4) is 0 Å². The van der Waals surface area contributed by atoms with Crippen LogP contribution in [0.5, 0.6) is 23.0 Å². The number of carbonyl (C=O) groups is 2. The van der Waals surface area contributed by atoms with Crippen LogP contribution in [-0.2, 0) is 33.6 Å². The number of allylic oxidation sites excluding steroid dienone is 1. The number of amides is 1. The molecule has 1 atom stereocenters. The van der Waals surface area contributed by atoms with Gasteiger partial charge >= 0.3 is 5.97 Å². The highest BCUT2D eigenvalue weighted by Crippen LogP contribution is 2.38. The highest BCUT2D eigenvalue weighted by molar-refractivity contribution is 5.92. The Bertz CT molecular complexity index is 1220. The second-order valence-electron chi connectivity index (χ2n) is 9.72. The fourth-order valence-electron chi connectivity index (χ4n) is 4.62. The fraction of sp³-hybridized carbons (Fsp3) is 0.438. The van der Waals surface area contributed by atoms with Gasteiger partial charge in [0.05, 0.1) is 27.4 Å². The third kappa shape index (κ3) is 7.58. The molecule has 0 bridgehead atoms. The molecule has 0 saturated heterocycles. The number of likely N-dealkylation sites (N-methyl/N-ethyl adjacent to an activating group) is 1. The summed E-state index contributed by atoms with van der Waals surface area (Å²) in [6, 6.07) is 7.78. The average molecular weight is 552 g/mol. The van der Waals surface area contributed by atoms with Crippen molar-refractivity contribution in [2.24, 2.45) is 0 Å². The van der Waals surface area contributed by atoms with E-state index in [1.807, 2.05) is 24.3 Å². The van der Waals surface area contributed by atoms with Gasteiger partial charge < -0.3 is 28.6 Å². The first-order valence-corrected chi connectivity index (χ1v) is 13.7. The molecule has 8 nitrogen and oxygen atoms in total. The summed E-state index contributed by atoms with van der Waals surface area (Å²) in [6.07, 6.45) is 8.75. The van der Waals surface area contributed by atoms with E-state index in [2.05, 4.69) is 13.5 Å². The molecule has 1 aliphatic heterocycles. The molecule has 0 radical (unpaired) electrons. The molecule has 40 heavy (non-hydrogen) atoms. The Kier molecular flexibility index (Phi) is 11.5. The predicted molar refractivity (Wildman–Crippen MR) is 155 cm³/mol. The van der Waals surface area contributed by atoms with Gasteiger partial charge in [-0.1, -0.05) is 25.5 Å². The van der Waals surface area contributed by atoms with Crippen LogP contribution in [0.1, 0.15) is 48.4 Å². The topological polar surface area (TPSA) is 83.5 Å². The maximum atomic E-state index is 12.1. The van der Waals surface area contributed by atoms with Crippen LogP contribution in [0.4, 0.5) is 0 Å². The molecule has 1 aliphatic rings. The van der Waals surface area contributed by atoms with Gasteiger partial charge in [0.2, 0.25) is 5.91 Å². The maximum absolute atomic E-state index is 12.1. The van der Waals surface area contributed by atoms with Crippen LogP contribution < -0.4 is 18.9 Å². The minimum absolute atomic E-state index is 0.108. The maximum Gasteiger partial charge on any atom is 0.347 e. The van der Waals surface area contributed by atoms with E-state index < -0.39 is 6.10 Å². The minimum atomic E-state index is -0.589. The first-order valence-electron chi connectivity index (χ1n) is 13.7. The molecule has 1 heterocycles. The number of methoxy groups -OCH3 is 2. The van der Waals surface area contributed by atoms with Crippen molar-refractivity contribution < 1.29 is 33.3 Å². The Morgan fingerprint density at radius 1 is 1.07 bits per heavy atom. The third-order valence-corrected chi connectivity index (χ3v) is 6.65. The van der Waals surface area contributed by atoms with Gasteiger partial charge in [-0.3, -0.25) is 4.79 Å². The van der Waals surface area contributed by atoms with Crippen molar-refractivity contribution in [1.82, 2.24) is 4.90 Å². The number of nitrogens with zero attached hydrogens (tertiary/aromatic N) is 1. The second kappa shape index (κ2) is 15.0. The van der Waals surface area contributed by atoms with Crippen molar-refractivity contribution in [1.29, 1.82) is 0 Å². The second-order valence-corrected chi connectivity index (χ2v) is 9.72. The van der Waals surface area contributed by atoms with Gasteiger partial charge in [0.25, 0.3) is 0 Å². The molecule has 0 aliphatic carbocycles. The molecule has 216 valence electrons. The molecule has 0 aromatic heterocycles. The first kappa shape index (κ1) is 30.6. The Balaban J connectivity index is 1.67. The van der Waals surface area contributed by atoms with Gasteiger partial charge in [0.1, 0.15) is 23.0 Å².